The molecule has 14 heteroatoms. The molecule has 9 nitrogen and oxygen atoms in total. The molecule has 0 saturated carbocycles. The van der Waals surface area contributed by atoms with E-state index in [4.69, 9.17) is 12.2 Å². The summed E-state index contributed by atoms with van der Waals surface area (Å²) >= 11 is 11.5. The number of ketones is 4. The van der Waals surface area contributed by atoms with Crippen LogP contribution >= 0.6 is 59.3 Å². The van der Waals surface area contributed by atoms with Crippen LogP contribution in [0.25, 0.3) is 0 Å². The van der Waals surface area contributed by atoms with Crippen LogP contribution in [0.15, 0.2) is 173 Å². The number of anilines is 3. The fourth-order valence-electron chi connectivity index (χ4n) is 8.74. The van der Waals surface area contributed by atoms with Gasteiger partial charge in [0.25, 0.3) is 5.91 Å². The van der Waals surface area contributed by atoms with Gasteiger partial charge in [-0.1, -0.05) is 132 Å². The summed E-state index contributed by atoms with van der Waals surface area (Å²) < 4.78 is 0.600. The van der Waals surface area contributed by atoms with Gasteiger partial charge in [-0.15, -0.1) is 0 Å². The first-order valence-electron chi connectivity index (χ1n) is 22.9. The van der Waals surface area contributed by atoms with Gasteiger partial charge in [0.2, 0.25) is 0 Å². The number of hydrogen-bond acceptors (Lipinski definition) is 13. The maximum atomic E-state index is 13.1. The number of thioether (sulfide) groups is 4. The molecule has 4 aliphatic heterocycles. The Balaban J connectivity index is 0.000000214. The first-order chi connectivity index (χ1) is 33.7. The van der Waals surface area contributed by atoms with Crippen molar-refractivity contribution < 1.29 is 24.0 Å². The van der Waals surface area contributed by atoms with Crippen molar-refractivity contribution in [1.82, 2.24) is 4.90 Å². The van der Waals surface area contributed by atoms with Crippen molar-refractivity contribution >= 4 is 110 Å². The highest BCUT2D eigenvalue weighted by Gasteiger charge is 2.37. The number of fused-ring (bicyclic) bond motifs is 6. The molecular weight excluding hydrogens is 981 g/mol. The van der Waals surface area contributed by atoms with Crippen LogP contribution < -0.4 is 14.7 Å². The number of thiocarbonyl (C=S) groups is 1. The molecule has 0 radical (unpaired) electrons. The molecule has 71 heavy (non-hydrogen) atoms. The van der Waals surface area contributed by atoms with Gasteiger partial charge in [-0.3, -0.25) is 28.9 Å². The second-order valence-corrected chi connectivity index (χ2v) is 21.7. The minimum absolute atomic E-state index is 0. The van der Waals surface area contributed by atoms with Crippen LogP contribution in [-0.4, -0.2) is 64.9 Å². The van der Waals surface area contributed by atoms with E-state index >= 15 is 0 Å². The summed E-state index contributed by atoms with van der Waals surface area (Å²) in [6.45, 7) is 14.6. The summed E-state index contributed by atoms with van der Waals surface area (Å²) in [6.07, 6.45) is 18.8. The summed E-state index contributed by atoms with van der Waals surface area (Å²) in [5.41, 5.74) is 8.83. The number of amides is 1. The smallest absolute Gasteiger partial charge is 0.265 e. The maximum Gasteiger partial charge on any atom is 0.265 e. The number of likely N-dealkylation sites (N-methyl/N-ethyl adjacent to an activating group) is 1. The Hall–Kier alpha value is -6.16. The molecule has 0 bridgehead atoms. The van der Waals surface area contributed by atoms with E-state index in [1.54, 1.807) is 78.8 Å². The van der Waals surface area contributed by atoms with E-state index in [1.807, 2.05) is 68.5 Å². The molecule has 0 atom stereocenters. The summed E-state index contributed by atoms with van der Waals surface area (Å²) in [4.78, 5) is 76.5. The highest BCUT2D eigenvalue weighted by atomic mass is 32.2. The van der Waals surface area contributed by atoms with Crippen LogP contribution in [0, 0.1) is 20.8 Å². The summed E-state index contributed by atoms with van der Waals surface area (Å²) in [7, 11) is 1.70. The number of allylic oxidation sites excluding steroid dienone is 12. The molecule has 4 aromatic carbocycles. The molecule has 0 spiro atoms. The van der Waals surface area contributed by atoms with Gasteiger partial charge in [-0.05, 0) is 120 Å². The first-order valence-corrected chi connectivity index (χ1v) is 26.5. The number of nitrogens with zero attached hydrogens (tertiary/aromatic N) is 4. The maximum absolute atomic E-state index is 13.1. The monoisotopic (exact) mass is 1030 g/mol. The lowest BCUT2D eigenvalue weighted by molar-refractivity contribution is -0.121. The van der Waals surface area contributed by atoms with Crippen LogP contribution in [0.2, 0.25) is 0 Å². The normalized spacial score (nSPS) is 20.3. The van der Waals surface area contributed by atoms with E-state index in [0.29, 0.717) is 31.5 Å². The van der Waals surface area contributed by atoms with Crippen LogP contribution in [0.5, 0.6) is 0 Å². The lowest BCUT2D eigenvalue weighted by atomic mass is 10.1. The van der Waals surface area contributed by atoms with Crippen molar-refractivity contribution in [2.45, 2.75) is 63.7 Å². The SMILES string of the molecule is C.CCN1/C(=C/C=C/C=C/C=C2/SC(=S)N(C)C2=O)Sc2ccc(C)cc21.CCN1/C(=C/C=C2/C(=O)c3ccc(C)cc3C2=O)Sc2c1ccc1c2S/C(=C\C=C2\C(=O)c3ccc(C)cc3C2=O)N1CC. The molecule has 10 rings (SSSR count). The molecule has 1 saturated heterocycles. The number of carbonyl (C=O) groups is 5. The Morgan fingerprint density at radius 3 is 1.39 bits per heavy atom. The van der Waals surface area contributed by atoms with Crippen molar-refractivity contribution in [1.29, 1.82) is 0 Å². The minimum atomic E-state index is -0.234. The van der Waals surface area contributed by atoms with E-state index < -0.39 is 0 Å². The highest BCUT2D eigenvalue weighted by Crippen LogP contribution is 2.58. The molecular formula is C57H52N4O5S5. The van der Waals surface area contributed by atoms with Crippen molar-refractivity contribution in [3.8, 4) is 0 Å². The number of aryl methyl sites for hydroxylation is 3. The van der Waals surface area contributed by atoms with Gasteiger partial charge in [0.05, 0.1) is 58.0 Å². The third kappa shape index (κ3) is 9.68. The minimum Gasteiger partial charge on any atom is -0.335 e. The van der Waals surface area contributed by atoms with Gasteiger partial charge >= 0.3 is 0 Å². The van der Waals surface area contributed by atoms with E-state index in [2.05, 4.69) is 78.8 Å². The third-order valence-corrected chi connectivity index (χ3v) is 17.5. The standard InChI is InChI=1S/C36H28N2O4S2.C20H20N2OS3.CH4/c1-5-37-27-13-14-28-36(35(27)43-29(37)15-11-23-31(39)21-9-7-19(3)17-25(21)33(23)41)44-30(38(28)6-2)16-12-24-32(40)22-10-8-20(4)18-26(22)34(24)42;1-4-22-15-13-14(2)11-12-16(15)25-18(22)10-8-6-5-7-9-17-19(23)21(3)20(24)26-17;/h7-18H,5-6H2,1-4H3;5-13H,4H2,1-3H3;1H4/b23-11-,24-12-,29-15-,30-16-;7-5+,8-6+,17-9+,18-10-;. The van der Waals surface area contributed by atoms with Crippen LogP contribution in [-0.2, 0) is 4.79 Å². The second-order valence-electron chi connectivity index (χ2n) is 16.9. The zero-order valence-corrected chi connectivity index (χ0v) is 43.7. The molecule has 0 aromatic heterocycles. The van der Waals surface area contributed by atoms with Crippen LogP contribution in [0.3, 0.4) is 0 Å². The predicted octanol–water partition coefficient (Wildman–Crippen LogP) is 13.8. The lowest BCUT2D eigenvalue weighted by Crippen LogP contribution is -2.22. The average molecular weight is 1030 g/mol. The number of Topliss-reactive ketones (excluding diaryl/α,β-unsaturated/α-hetero) is 4. The van der Waals surface area contributed by atoms with E-state index in [9.17, 15) is 24.0 Å². The molecule has 0 N–H and O–H groups in total. The quantitative estimate of drug-likeness (QED) is 0.0726. The molecule has 6 aliphatic rings. The zero-order valence-electron chi connectivity index (χ0n) is 39.6. The zero-order chi connectivity index (χ0) is 49.5. The number of hydrogen-bond donors (Lipinski definition) is 0. The second kappa shape index (κ2) is 21.3. The van der Waals surface area contributed by atoms with E-state index in [-0.39, 0.29) is 47.6 Å². The van der Waals surface area contributed by atoms with Crippen molar-refractivity contribution in [3.63, 3.8) is 0 Å². The van der Waals surface area contributed by atoms with Gasteiger partial charge in [0, 0.05) is 53.8 Å². The molecule has 4 aromatic rings. The number of rotatable bonds is 8. The largest absolute Gasteiger partial charge is 0.335 e. The molecule has 2 aliphatic carbocycles. The summed E-state index contributed by atoms with van der Waals surface area (Å²) in [5.74, 6) is -0.968. The summed E-state index contributed by atoms with van der Waals surface area (Å²) in [5, 5.41) is 3.11. The average Bonchev–Trinajstić information content (AvgIpc) is 4.16. The topological polar surface area (TPSA) is 98.3 Å². The Bertz CT molecular complexity index is 3120. The van der Waals surface area contributed by atoms with Gasteiger partial charge < -0.3 is 14.7 Å². The van der Waals surface area contributed by atoms with E-state index in [0.717, 1.165) is 62.0 Å². The molecule has 0 unspecified atom stereocenters. The Kier molecular flexibility index (Phi) is 15.3. The Morgan fingerprint density at radius 1 is 0.479 bits per heavy atom. The van der Waals surface area contributed by atoms with Gasteiger partial charge in [-0.25, -0.2) is 0 Å². The van der Waals surface area contributed by atoms with Crippen LogP contribution in [0.4, 0.5) is 17.1 Å². The Labute approximate surface area is 438 Å². The summed E-state index contributed by atoms with van der Waals surface area (Å²) in [6, 6.07) is 21.5. The molecule has 4 heterocycles. The Morgan fingerprint density at radius 2 is 0.915 bits per heavy atom. The molecule has 1 fully saturated rings. The number of carbonyl (C=O) groups excluding carboxylic acids is 5. The van der Waals surface area contributed by atoms with E-state index in [1.165, 1.54) is 37.8 Å². The van der Waals surface area contributed by atoms with Crippen molar-refractivity contribution in [2.75, 3.05) is 41.4 Å². The highest BCUT2D eigenvalue weighted by molar-refractivity contribution is 8.26. The van der Waals surface area contributed by atoms with Gasteiger partial charge in [-0.2, -0.15) is 0 Å². The van der Waals surface area contributed by atoms with Gasteiger partial charge in [0.15, 0.2) is 23.1 Å². The predicted molar refractivity (Wildman–Crippen MR) is 300 cm³/mol. The van der Waals surface area contributed by atoms with Gasteiger partial charge in [0.1, 0.15) is 4.32 Å². The van der Waals surface area contributed by atoms with Crippen molar-refractivity contribution in [2.24, 2.45) is 0 Å². The lowest BCUT2D eigenvalue weighted by Gasteiger charge is -2.20. The number of benzene rings is 4. The fraction of sp³-hybridized carbons (Fsp3) is 0.193. The first kappa shape index (κ1) is 51.2. The third-order valence-electron chi connectivity index (χ3n) is 12.3. The molecule has 360 valence electrons. The molecule has 1 amide bonds. The van der Waals surface area contributed by atoms with Crippen molar-refractivity contribution in [3.05, 3.63) is 198 Å². The van der Waals surface area contributed by atoms with Crippen LogP contribution in [0.1, 0.15) is 86.3 Å². The fourth-order valence-corrected chi connectivity index (χ4v) is 13.6.